The van der Waals surface area contributed by atoms with E-state index in [1.807, 2.05) is 17.9 Å². The van der Waals surface area contributed by atoms with Crippen molar-refractivity contribution in [2.45, 2.75) is 56.6 Å². The van der Waals surface area contributed by atoms with Crippen molar-refractivity contribution in [3.05, 3.63) is 53.0 Å². The minimum Gasteiger partial charge on any atom is -0.378 e. The Hall–Kier alpha value is -1.83. The molecule has 3 atom stereocenters. The summed E-state index contributed by atoms with van der Waals surface area (Å²) in [7, 11) is -3.79. The van der Waals surface area contributed by atoms with Crippen LogP contribution < -0.4 is 10.2 Å². The summed E-state index contributed by atoms with van der Waals surface area (Å²) < 4.78 is 73.5. The monoisotopic (exact) mass is 559 g/mol. The Kier molecular flexibility index (Phi) is 8.18. The third kappa shape index (κ3) is 5.94. The van der Waals surface area contributed by atoms with E-state index in [-0.39, 0.29) is 41.7 Å². The molecule has 3 aliphatic rings. The smallest absolute Gasteiger partial charge is 0.378 e. The summed E-state index contributed by atoms with van der Waals surface area (Å²) in [5.41, 5.74) is -2.56. The Labute approximate surface area is 221 Å². The maximum absolute atomic E-state index is 13.5. The lowest BCUT2D eigenvalue weighted by molar-refractivity contribution is -0.258. The van der Waals surface area contributed by atoms with Crippen LogP contribution in [0, 0.1) is 0 Å². The van der Waals surface area contributed by atoms with E-state index >= 15 is 0 Å². The van der Waals surface area contributed by atoms with Crippen molar-refractivity contribution in [3.8, 4) is 0 Å². The van der Waals surface area contributed by atoms with Crippen LogP contribution in [0.15, 0.2) is 47.4 Å². The van der Waals surface area contributed by atoms with Gasteiger partial charge in [-0.25, -0.2) is 8.42 Å². The third-order valence-electron chi connectivity index (χ3n) is 7.12. The standard InChI is InChI=1S/C25H32F3N3O4S2/c1-17(29-19-15-35-16-19)13-21-14-30(37(33,34)23-6-4-3-5-22(23)36)11-12-31(21)20-9-7-18(8-10-20)24(2,32)25(26,27)28/h3-4,6-10,17,19,21,29,32H,5,11-16H2,1-2H3/t17?,21-,24?/m0/s1. The van der Waals surface area contributed by atoms with E-state index in [1.165, 1.54) is 22.5 Å². The number of anilines is 1. The van der Waals surface area contributed by atoms with E-state index < -0.39 is 21.8 Å². The zero-order valence-electron chi connectivity index (χ0n) is 20.7. The molecular formula is C25H32F3N3O4S2. The predicted octanol–water partition coefficient (Wildman–Crippen LogP) is 3.26. The molecule has 2 heterocycles. The number of benzene rings is 1. The topological polar surface area (TPSA) is 82.1 Å². The fraction of sp³-hybridized carbons (Fsp3) is 0.560. The van der Waals surface area contributed by atoms with Crippen molar-refractivity contribution in [3.63, 3.8) is 0 Å². The van der Waals surface area contributed by atoms with Gasteiger partial charge in [-0.2, -0.15) is 17.5 Å². The highest BCUT2D eigenvalue weighted by Crippen LogP contribution is 2.39. The molecule has 1 aromatic rings. The SMILES string of the molecule is CC(C[C@H]1CN(S(=O)(=O)C2=CC=CCC2=S)CCN1c1ccc(C(C)(O)C(F)(F)F)cc1)NC1COC1. The molecule has 204 valence electrons. The second-order valence-electron chi connectivity index (χ2n) is 9.95. The molecule has 2 saturated heterocycles. The van der Waals surface area contributed by atoms with Gasteiger partial charge < -0.3 is 20.1 Å². The minimum atomic E-state index is -4.81. The first kappa shape index (κ1) is 28.2. The quantitative estimate of drug-likeness (QED) is 0.474. The third-order valence-corrected chi connectivity index (χ3v) is 9.59. The molecule has 12 heteroatoms. The van der Waals surface area contributed by atoms with Gasteiger partial charge in [0.05, 0.1) is 24.2 Å². The normalized spacial score (nSPS) is 24.4. The van der Waals surface area contributed by atoms with Crippen LogP contribution in [-0.2, 0) is 20.4 Å². The Morgan fingerprint density at radius 3 is 2.46 bits per heavy atom. The molecule has 0 bridgehead atoms. The number of aliphatic hydroxyl groups is 1. The van der Waals surface area contributed by atoms with E-state index in [0.29, 0.717) is 43.2 Å². The summed E-state index contributed by atoms with van der Waals surface area (Å²) in [5.74, 6) is 0. The van der Waals surface area contributed by atoms with E-state index in [1.54, 1.807) is 18.2 Å². The first-order valence-electron chi connectivity index (χ1n) is 12.2. The first-order valence-corrected chi connectivity index (χ1v) is 14.1. The number of hydrogen-bond donors (Lipinski definition) is 2. The van der Waals surface area contributed by atoms with E-state index in [9.17, 15) is 26.7 Å². The molecule has 1 aliphatic carbocycles. The van der Waals surface area contributed by atoms with Crippen molar-refractivity contribution in [1.82, 2.24) is 9.62 Å². The molecule has 2 N–H and O–H groups in total. The molecule has 0 saturated carbocycles. The average molecular weight is 560 g/mol. The largest absolute Gasteiger partial charge is 0.421 e. The van der Waals surface area contributed by atoms with Crippen LogP contribution in [-0.4, -0.2) is 79.8 Å². The maximum atomic E-state index is 13.5. The minimum absolute atomic E-state index is 0.0483. The molecule has 2 fully saturated rings. The second kappa shape index (κ2) is 10.7. The van der Waals surface area contributed by atoms with Gasteiger partial charge in [0.2, 0.25) is 10.0 Å². The van der Waals surface area contributed by atoms with Crippen LogP contribution in [0.25, 0.3) is 0 Å². The van der Waals surface area contributed by atoms with Crippen LogP contribution in [0.3, 0.4) is 0 Å². The fourth-order valence-electron chi connectivity index (χ4n) is 4.83. The van der Waals surface area contributed by atoms with E-state index in [0.717, 1.165) is 6.92 Å². The number of ether oxygens (including phenoxy) is 1. The summed E-state index contributed by atoms with van der Waals surface area (Å²) in [4.78, 5) is 2.56. The van der Waals surface area contributed by atoms with Gasteiger partial charge in [-0.1, -0.05) is 36.5 Å². The molecule has 4 rings (SSSR count). The molecule has 0 spiro atoms. The molecule has 0 amide bonds. The Morgan fingerprint density at radius 1 is 1.22 bits per heavy atom. The highest BCUT2D eigenvalue weighted by molar-refractivity contribution is 7.96. The zero-order chi connectivity index (χ0) is 27.0. The molecule has 7 nitrogen and oxygen atoms in total. The molecule has 37 heavy (non-hydrogen) atoms. The lowest BCUT2D eigenvalue weighted by atomic mass is 9.94. The molecule has 1 aromatic carbocycles. The maximum Gasteiger partial charge on any atom is 0.421 e. The number of nitrogens with zero attached hydrogens (tertiary/aromatic N) is 2. The molecule has 2 unspecified atom stereocenters. The number of halogens is 3. The van der Waals surface area contributed by atoms with Crippen molar-refractivity contribution < 1.29 is 31.4 Å². The highest BCUT2D eigenvalue weighted by atomic mass is 32.2. The van der Waals surface area contributed by atoms with Crippen molar-refractivity contribution in [2.75, 3.05) is 37.7 Å². The first-order chi connectivity index (χ1) is 17.3. The van der Waals surface area contributed by atoms with Gasteiger partial charge in [-0.3, -0.25) is 0 Å². The zero-order valence-corrected chi connectivity index (χ0v) is 22.4. The number of piperazine rings is 1. The van der Waals surface area contributed by atoms with Gasteiger partial charge in [0.15, 0.2) is 5.60 Å². The number of nitrogens with one attached hydrogen (secondary N) is 1. The number of hydrogen-bond acceptors (Lipinski definition) is 7. The van der Waals surface area contributed by atoms with E-state index in [2.05, 4.69) is 5.32 Å². The molecular weight excluding hydrogens is 527 g/mol. The van der Waals surface area contributed by atoms with Crippen LogP contribution in [0.5, 0.6) is 0 Å². The molecule has 0 radical (unpaired) electrons. The van der Waals surface area contributed by atoms with Gasteiger partial charge in [-0.05, 0) is 44.0 Å². The molecule has 2 aliphatic heterocycles. The second-order valence-corrected chi connectivity index (χ2v) is 12.4. The summed E-state index contributed by atoms with van der Waals surface area (Å²) in [6.45, 7) is 4.78. The van der Waals surface area contributed by atoms with Crippen LogP contribution in [0.4, 0.5) is 18.9 Å². The molecule has 0 aromatic heterocycles. The Morgan fingerprint density at radius 2 is 1.89 bits per heavy atom. The van der Waals surface area contributed by atoms with Crippen molar-refractivity contribution >= 4 is 32.8 Å². The van der Waals surface area contributed by atoms with E-state index in [4.69, 9.17) is 17.0 Å². The number of alkyl halides is 3. The lowest BCUT2D eigenvalue weighted by Crippen LogP contribution is -2.58. The average Bonchev–Trinajstić information content (AvgIpc) is 2.81. The summed E-state index contributed by atoms with van der Waals surface area (Å²) >= 11 is 5.32. The summed E-state index contributed by atoms with van der Waals surface area (Å²) in [5, 5.41) is 13.5. The van der Waals surface area contributed by atoms with Gasteiger partial charge in [0.25, 0.3) is 0 Å². The fourth-order valence-corrected chi connectivity index (χ4v) is 6.90. The number of thiocarbonyl (C=S) groups is 1. The van der Waals surface area contributed by atoms with Crippen LogP contribution in [0.2, 0.25) is 0 Å². The summed E-state index contributed by atoms with van der Waals surface area (Å²) in [6.07, 6.45) is 1.25. The van der Waals surface area contributed by atoms with Gasteiger partial charge >= 0.3 is 6.18 Å². The lowest BCUT2D eigenvalue weighted by Gasteiger charge is -2.44. The Bertz CT molecular complexity index is 1160. The van der Waals surface area contributed by atoms with Gasteiger partial charge in [0, 0.05) is 48.7 Å². The summed E-state index contributed by atoms with van der Waals surface area (Å²) in [6, 6.07) is 5.69. The number of sulfonamides is 1. The number of allylic oxidation sites excluding steroid dienone is 4. The predicted molar refractivity (Wildman–Crippen MR) is 140 cm³/mol. The van der Waals surface area contributed by atoms with Crippen molar-refractivity contribution in [2.24, 2.45) is 0 Å². The highest BCUT2D eigenvalue weighted by Gasteiger charge is 2.51. The van der Waals surface area contributed by atoms with Gasteiger partial charge in [0.1, 0.15) is 0 Å². The number of rotatable bonds is 8. The van der Waals surface area contributed by atoms with Crippen molar-refractivity contribution in [1.29, 1.82) is 0 Å². The van der Waals surface area contributed by atoms with Crippen LogP contribution in [0.1, 0.15) is 32.3 Å². The van der Waals surface area contributed by atoms with Crippen LogP contribution >= 0.6 is 12.2 Å². The van der Waals surface area contributed by atoms with Gasteiger partial charge in [-0.15, -0.1) is 0 Å². The Balaban J connectivity index is 1.57.